The van der Waals surface area contributed by atoms with E-state index < -0.39 is 0 Å². The van der Waals surface area contributed by atoms with Crippen molar-refractivity contribution in [2.75, 3.05) is 0 Å². The average molecular weight is 262 g/mol. The first kappa shape index (κ1) is 12.9. The molecule has 100 valence electrons. The minimum absolute atomic E-state index is 0.196. The molecule has 3 rings (SSSR count). The number of aryl methyl sites for hydroxylation is 2. The van der Waals surface area contributed by atoms with Crippen molar-refractivity contribution in [2.24, 2.45) is 0 Å². The summed E-state index contributed by atoms with van der Waals surface area (Å²) < 4.78 is 0. The second kappa shape index (κ2) is 5.46. The molecule has 0 saturated carbocycles. The third-order valence-corrected chi connectivity index (χ3v) is 3.96. The highest BCUT2D eigenvalue weighted by Gasteiger charge is 2.19. The summed E-state index contributed by atoms with van der Waals surface area (Å²) in [6.45, 7) is 2.08. The van der Waals surface area contributed by atoms with Gasteiger partial charge in [0.05, 0.1) is 0 Å². The van der Waals surface area contributed by atoms with Crippen LogP contribution in [0.4, 0.5) is 0 Å². The van der Waals surface area contributed by atoms with E-state index in [0.717, 1.165) is 36.0 Å². The zero-order valence-corrected chi connectivity index (χ0v) is 11.7. The van der Waals surface area contributed by atoms with Gasteiger partial charge in [-0.1, -0.05) is 48.5 Å². The molecule has 1 heteroatoms. The highest BCUT2D eigenvalue weighted by Crippen LogP contribution is 2.26. The molecule has 2 aromatic rings. The SMILES string of the molecule is Cc1ccccc1/C=C1/CCCc2ccccc2C1=O. The maximum absolute atomic E-state index is 12.7. The van der Waals surface area contributed by atoms with Crippen molar-refractivity contribution in [2.45, 2.75) is 26.2 Å². The van der Waals surface area contributed by atoms with Gasteiger partial charge in [0.25, 0.3) is 0 Å². The number of carbonyl (C=O) groups excluding carboxylic acids is 1. The van der Waals surface area contributed by atoms with Crippen molar-refractivity contribution >= 4 is 11.9 Å². The molecule has 0 unspecified atom stereocenters. The minimum atomic E-state index is 0.196. The summed E-state index contributed by atoms with van der Waals surface area (Å²) in [4.78, 5) is 12.7. The minimum Gasteiger partial charge on any atom is -0.289 e. The van der Waals surface area contributed by atoms with E-state index in [0.29, 0.717) is 0 Å². The number of ketones is 1. The smallest absolute Gasteiger partial charge is 0.189 e. The van der Waals surface area contributed by atoms with Crippen LogP contribution in [0.5, 0.6) is 0 Å². The average Bonchev–Trinajstić information content (AvgIpc) is 2.62. The monoisotopic (exact) mass is 262 g/mol. The molecule has 1 aliphatic rings. The van der Waals surface area contributed by atoms with Gasteiger partial charge in [-0.25, -0.2) is 0 Å². The third-order valence-electron chi connectivity index (χ3n) is 3.96. The van der Waals surface area contributed by atoms with Gasteiger partial charge in [-0.2, -0.15) is 0 Å². The van der Waals surface area contributed by atoms with Crippen molar-refractivity contribution in [1.29, 1.82) is 0 Å². The summed E-state index contributed by atoms with van der Waals surface area (Å²) in [5, 5.41) is 0. The largest absolute Gasteiger partial charge is 0.289 e. The first-order chi connectivity index (χ1) is 9.75. The number of hydrogen-bond donors (Lipinski definition) is 0. The Morgan fingerprint density at radius 1 is 0.950 bits per heavy atom. The number of hydrogen-bond acceptors (Lipinski definition) is 1. The number of Topliss-reactive ketones (excluding diaryl/α,β-unsaturated/α-hetero) is 1. The van der Waals surface area contributed by atoms with Crippen LogP contribution in [0.2, 0.25) is 0 Å². The summed E-state index contributed by atoms with van der Waals surface area (Å²) in [6.07, 6.45) is 4.97. The number of rotatable bonds is 1. The number of fused-ring (bicyclic) bond motifs is 1. The van der Waals surface area contributed by atoms with Gasteiger partial charge < -0.3 is 0 Å². The summed E-state index contributed by atoms with van der Waals surface area (Å²) in [7, 11) is 0. The molecule has 20 heavy (non-hydrogen) atoms. The van der Waals surface area contributed by atoms with Crippen LogP contribution in [-0.4, -0.2) is 5.78 Å². The predicted molar refractivity (Wildman–Crippen MR) is 82.9 cm³/mol. The van der Waals surface area contributed by atoms with Crippen molar-refractivity contribution in [1.82, 2.24) is 0 Å². The highest BCUT2D eigenvalue weighted by molar-refractivity contribution is 6.12. The molecule has 0 aliphatic heterocycles. The van der Waals surface area contributed by atoms with Crippen molar-refractivity contribution in [3.8, 4) is 0 Å². The van der Waals surface area contributed by atoms with Crippen LogP contribution in [0.1, 0.15) is 39.9 Å². The molecule has 0 heterocycles. The first-order valence-corrected chi connectivity index (χ1v) is 7.14. The Morgan fingerprint density at radius 3 is 2.55 bits per heavy atom. The molecular weight excluding hydrogens is 244 g/mol. The molecule has 0 bridgehead atoms. The molecule has 1 nitrogen and oxygen atoms in total. The van der Waals surface area contributed by atoms with E-state index in [2.05, 4.69) is 31.2 Å². The van der Waals surface area contributed by atoms with E-state index in [1.165, 1.54) is 11.1 Å². The Morgan fingerprint density at radius 2 is 1.70 bits per heavy atom. The molecule has 0 N–H and O–H groups in total. The van der Waals surface area contributed by atoms with E-state index in [-0.39, 0.29) is 5.78 Å². The Kier molecular flexibility index (Phi) is 3.51. The number of benzene rings is 2. The fraction of sp³-hybridized carbons (Fsp3) is 0.211. The summed E-state index contributed by atoms with van der Waals surface area (Å²) in [6, 6.07) is 16.2. The Hall–Kier alpha value is -2.15. The van der Waals surface area contributed by atoms with Gasteiger partial charge in [-0.15, -0.1) is 0 Å². The third kappa shape index (κ3) is 2.44. The zero-order chi connectivity index (χ0) is 13.9. The second-order valence-electron chi connectivity index (χ2n) is 5.37. The topological polar surface area (TPSA) is 17.1 Å². The Labute approximate surface area is 120 Å². The maximum Gasteiger partial charge on any atom is 0.189 e. The molecule has 1 aliphatic carbocycles. The second-order valence-corrected chi connectivity index (χ2v) is 5.37. The van der Waals surface area contributed by atoms with E-state index in [9.17, 15) is 4.79 Å². The van der Waals surface area contributed by atoms with Crippen LogP contribution >= 0.6 is 0 Å². The lowest BCUT2D eigenvalue weighted by Gasteiger charge is -2.06. The molecule has 0 fully saturated rings. The van der Waals surface area contributed by atoms with E-state index in [1.807, 2.05) is 30.3 Å². The van der Waals surface area contributed by atoms with Crippen LogP contribution in [0.25, 0.3) is 6.08 Å². The van der Waals surface area contributed by atoms with Gasteiger partial charge >= 0.3 is 0 Å². The molecule has 0 radical (unpaired) electrons. The number of allylic oxidation sites excluding steroid dienone is 1. The van der Waals surface area contributed by atoms with E-state index in [1.54, 1.807) is 0 Å². The van der Waals surface area contributed by atoms with Gasteiger partial charge in [0.2, 0.25) is 0 Å². The van der Waals surface area contributed by atoms with Crippen LogP contribution in [0, 0.1) is 6.92 Å². The molecule has 0 amide bonds. The van der Waals surface area contributed by atoms with Crippen molar-refractivity contribution < 1.29 is 4.79 Å². The summed E-state index contributed by atoms with van der Waals surface area (Å²) in [5.74, 6) is 0.196. The van der Waals surface area contributed by atoms with E-state index in [4.69, 9.17) is 0 Å². The van der Waals surface area contributed by atoms with Crippen LogP contribution < -0.4 is 0 Å². The fourth-order valence-electron chi connectivity index (χ4n) is 2.79. The normalized spacial score (nSPS) is 16.9. The molecule has 0 atom stereocenters. The summed E-state index contributed by atoms with van der Waals surface area (Å²) in [5.41, 5.74) is 5.36. The molecule has 0 saturated heterocycles. The molecule has 2 aromatic carbocycles. The Bertz CT molecular complexity index is 680. The molecule has 0 spiro atoms. The lowest BCUT2D eigenvalue weighted by atomic mass is 9.97. The lowest BCUT2D eigenvalue weighted by Crippen LogP contribution is -2.03. The van der Waals surface area contributed by atoms with Gasteiger partial charge in [-0.05, 0) is 49.0 Å². The molecule has 0 aromatic heterocycles. The van der Waals surface area contributed by atoms with Crippen molar-refractivity contribution in [3.05, 3.63) is 76.4 Å². The van der Waals surface area contributed by atoms with Crippen LogP contribution in [0.3, 0.4) is 0 Å². The van der Waals surface area contributed by atoms with Gasteiger partial charge in [0.1, 0.15) is 0 Å². The predicted octanol–water partition coefficient (Wildman–Crippen LogP) is 4.60. The Balaban J connectivity index is 2.03. The summed E-state index contributed by atoms with van der Waals surface area (Å²) >= 11 is 0. The quantitative estimate of drug-likeness (QED) is 0.542. The first-order valence-electron chi connectivity index (χ1n) is 7.14. The zero-order valence-electron chi connectivity index (χ0n) is 11.7. The van der Waals surface area contributed by atoms with Gasteiger partial charge in [0.15, 0.2) is 5.78 Å². The highest BCUT2D eigenvalue weighted by atomic mass is 16.1. The van der Waals surface area contributed by atoms with Crippen LogP contribution in [-0.2, 0) is 6.42 Å². The van der Waals surface area contributed by atoms with Crippen LogP contribution in [0.15, 0.2) is 54.1 Å². The van der Waals surface area contributed by atoms with Gasteiger partial charge in [0, 0.05) is 11.1 Å². The van der Waals surface area contributed by atoms with Gasteiger partial charge in [-0.3, -0.25) is 4.79 Å². The van der Waals surface area contributed by atoms with Crippen molar-refractivity contribution in [3.63, 3.8) is 0 Å². The molecular formula is C19H18O. The standard InChI is InChI=1S/C19H18O/c1-14-7-2-3-9-16(14)13-17-11-6-10-15-8-4-5-12-18(15)19(17)20/h2-5,7-9,12-13H,6,10-11H2,1H3/b17-13-. The maximum atomic E-state index is 12.7. The lowest BCUT2D eigenvalue weighted by molar-refractivity contribution is 0.103. The number of carbonyl (C=O) groups is 1. The van der Waals surface area contributed by atoms with E-state index >= 15 is 0 Å². The fourth-order valence-corrected chi connectivity index (χ4v) is 2.79.